The van der Waals surface area contributed by atoms with E-state index in [1.54, 1.807) is 0 Å². The number of hydrogen-bond donors (Lipinski definition) is 0. The first-order chi connectivity index (χ1) is 31.3. The van der Waals surface area contributed by atoms with Crippen molar-refractivity contribution in [3.05, 3.63) is 235 Å². The number of hydrogen-bond acceptors (Lipinski definition) is 4. The van der Waals surface area contributed by atoms with E-state index in [4.69, 9.17) is 9.72 Å². The van der Waals surface area contributed by atoms with E-state index < -0.39 is 5.41 Å². The molecule has 0 aliphatic carbocycles. The third-order valence-electron chi connectivity index (χ3n) is 13.1. The van der Waals surface area contributed by atoms with Gasteiger partial charge in [-0.25, -0.2) is 4.98 Å². The van der Waals surface area contributed by atoms with Crippen molar-refractivity contribution >= 4 is 33.2 Å². The van der Waals surface area contributed by atoms with Crippen molar-refractivity contribution in [2.75, 3.05) is 9.80 Å². The van der Waals surface area contributed by atoms with Crippen molar-refractivity contribution in [1.82, 2.24) is 9.55 Å². The van der Waals surface area contributed by atoms with Crippen LogP contribution in [0.4, 0.5) is 11.4 Å². The summed E-state index contributed by atoms with van der Waals surface area (Å²) in [7, 11) is 0. The van der Waals surface area contributed by atoms with Crippen LogP contribution in [-0.2, 0) is 37.3 Å². The summed E-state index contributed by atoms with van der Waals surface area (Å²) in [6, 6.07) is 67.5. The molecule has 1 aliphatic rings. The van der Waals surface area contributed by atoms with Gasteiger partial charge in [0.1, 0.15) is 5.82 Å². The maximum absolute atomic E-state index is 7.07. The first-order valence-electron chi connectivity index (χ1n) is 22.4. The van der Waals surface area contributed by atoms with Crippen LogP contribution in [0.15, 0.2) is 188 Å². The average molecular weight is 1040 g/mol. The Hall–Kier alpha value is -6.68. The molecule has 0 N–H and O–H groups in total. The van der Waals surface area contributed by atoms with Gasteiger partial charge in [0, 0.05) is 55.4 Å². The van der Waals surface area contributed by atoms with E-state index in [9.17, 15) is 0 Å². The Morgan fingerprint density at radius 2 is 1.15 bits per heavy atom. The van der Waals surface area contributed by atoms with Crippen molar-refractivity contribution in [3.8, 4) is 28.4 Å². The van der Waals surface area contributed by atoms with Gasteiger partial charge in [-0.15, -0.1) is 53.8 Å². The number of pyridine rings is 1. The Morgan fingerprint density at radius 3 is 1.86 bits per heavy atom. The Balaban J connectivity index is 0.00000548. The Morgan fingerprint density at radius 1 is 0.530 bits per heavy atom. The summed E-state index contributed by atoms with van der Waals surface area (Å²) < 4.78 is 9.32. The zero-order valence-corrected chi connectivity index (χ0v) is 40.8. The molecule has 5 nitrogen and oxygen atoms in total. The summed E-state index contributed by atoms with van der Waals surface area (Å²) in [5.41, 5.74) is 11.4. The number of ether oxygens (including phenoxy) is 1. The van der Waals surface area contributed by atoms with Gasteiger partial charge in [-0.1, -0.05) is 181 Å². The topological polar surface area (TPSA) is 33.5 Å². The smallest absolute Gasteiger partial charge is 0.135 e. The quantitative estimate of drug-likeness (QED) is 0.128. The van der Waals surface area contributed by atoms with E-state index in [-0.39, 0.29) is 31.9 Å². The molecule has 9 aromatic rings. The maximum Gasteiger partial charge on any atom is 0.135 e. The fraction of sp³-hybridized carbons (Fsp3) is 0.167. The van der Waals surface area contributed by atoms with Gasteiger partial charge < -0.3 is 19.1 Å². The van der Waals surface area contributed by atoms with Crippen molar-refractivity contribution in [3.63, 3.8) is 0 Å². The van der Waals surface area contributed by atoms with Crippen LogP contribution < -0.4 is 14.5 Å². The van der Waals surface area contributed by atoms with E-state index >= 15 is 0 Å². The van der Waals surface area contributed by atoms with E-state index in [0.717, 1.165) is 55.7 Å². The zero-order chi connectivity index (χ0) is 44.9. The molecule has 332 valence electrons. The number of nitrogens with zero attached hydrogens (tertiary/aromatic N) is 4. The molecule has 0 unspecified atom stereocenters. The molecule has 0 amide bonds. The van der Waals surface area contributed by atoms with Crippen molar-refractivity contribution in [1.29, 1.82) is 0 Å². The van der Waals surface area contributed by atoms with Gasteiger partial charge in [0.05, 0.1) is 0 Å². The zero-order valence-electron chi connectivity index (χ0n) is 38.5. The molecule has 0 saturated heterocycles. The van der Waals surface area contributed by atoms with Gasteiger partial charge in [0.15, 0.2) is 0 Å². The number of anilines is 2. The van der Waals surface area contributed by atoms with E-state index in [1.165, 1.54) is 22.3 Å². The summed E-state index contributed by atoms with van der Waals surface area (Å²) in [5, 5.41) is 2.27. The van der Waals surface area contributed by atoms with Crippen LogP contribution in [0.3, 0.4) is 0 Å². The third-order valence-corrected chi connectivity index (χ3v) is 13.1. The van der Waals surface area contributed by atoms with Gasteiger partial charge in [0.25, 0.3) is 0 Å². The average Bonchev–Trinajstić information content (AvgIpc) is 3.96. The Labute approximate surface area is 404 Å². The van der Waals surface area contributed by atoms with Crippen molar-refractivity contribution < 1.29 is 25.8 Å². The number of rotatable bonds is 10. The van der Waals surface area contributed by atoms with Gasteiger partial charge in [-0.05, 0) is 86.8 Å². The molecule has 0 radical (unpaired) electrons. The van der Waals surface area contributed by atoms with Gasteiger partial charge in [-0.3, -0.25) is 0 Å². The van der Waals surface area contributed by atoms with Crippen LogP contribution in [0.2, 0.25) is 0 Å². The number of aromatic nitrogens is 2. The molecule has 0 fully saturated rings. The molecule has 66 heavy (non-hydrogen) atoms. The monoisotopic (exact) mass is 1040 g/mol. The van der Waals surface area contributed by atoms with Gasteiger partial charge in [0.2, 0.25) is 0 Å². The van der Waals surface area contributed by atoms with E-state index in [0.29, 0.717) is 11.5 Å². The maximum atomic E-state index is 7.07. The molecule has 3 heterocycles. The minimum Gasteiger partial charge on any atom is -0.509 e. The predicted octanol–water partition coefficient (Wildman–Crippen LogP) is 15.1. The molecule has 1 aliphatic heterocycles. The predicted molar refractivity (Wildman–Crippen MR) is 269 cm³/mol. The van der Waals surface area contributed by atoms with Crippen molar-refractivity contribution in [2.24, 2.45) is 0 Å². The number of benzene rings is 7. The van der Waals surface area contributed by atoms with Gasteiger partial charge >= 0.3 is 0 Å². The van der Waals surface area contributed by atoms with E-state index in [1.807, 2.05) is 12.3 Å². The summed E-state index contributed by atoms with van der Waals surface area (Å²) >= 11 is 0. The summed E-state index contributed by atoms with van der Waals surface area (Å²) in [4.78, 5) is 9.27. The second kappa shape index (κ2) is 17.6. The SMILES string of the molecule is CC(C)(C)c1ccnc(-n2c3[c-]c(Oc4[c-]c(N5C=CN(c6cccc(C(C)(C)c7ccccc7)c6)[CH-]5)cc(-c5ccccc5)c4)cc(C(C)(C)c4ccccc4)c3c3ccccc32)c1.[Pt]. The number of para-hydroxylation sites is 1. The first-order valence-corrected chi connectivity index (χ1v) is 22.4. The Bertz CT molecular complexity index is 3200. The van der Waals surface area contributed by atoms with Gasteiger partial charge in [-0.2, -0.15) is 0 Å². The second-order valence-electron chi connectivity index (χ2n) is 19.1. The summed E-state index contributed by atoms with van der Waals surface area (Å²) in [6.07, 6.45) is 6.10. The largest absolute Gasteiger partial charge is 0.509 e. The fourth-order valence-electron chi connectivity index (χ4n) is 9.16. The standard InChI is InChI=1S/C60H53N4O.Pt/c1-58(2,3)46-30-31-61-56(37-46)64-54-29-18-17-28-52(54)57-53(60(6,7)45-24-15-10-16-25-45)39-51(40-55(57)64)65-50-35-43(42-20-11-8-12-21-42)34-49(38-50)63-33-32-62(41-63)48-27-19-26-47(36-48)59(4,5)44-22-13-9-14-23-44;/h8-37,39,41H,1-7H3;/q-3;. The molecule has 0 spiro atoms. The number of fused-ring (bicyclic) bond motifs is 3. The minimum absolute atomic E-state index is 0. The van der Waals surface area contributed by atoms with Crippen LogP contribution in [0.25, 0.3) is 38.8 Å². The fourth-order valence-corrected chi connectivity index (χ4v) is 9.16. The normalized spacial score (nSPS) is 13.1. The van der Waals surface area contributed by atoms with Crippen LogP contribution in [0.1, 0.15) is 76.3 Å². The molecule has 6 heteroatoms. The van der Waals surface area contributed by atoms with E-state index in [2.05, 4.69) is 258 Å². The molecule has 2 aromatic heterocycles. The van der Waals surface area contributed by atoms with Crippen LogP contribution in [0.5, 0.6) is 11.5 Å². The molecule has 0 bridgehead atoms. The van der Waals surface area contributed by atoms with Crippen molar-refractivity contribution in [2.45, 2.75) is 64.7 Å². The van der Waals surface area contributed by atoms with Crippen LogP contribution >= 0.6 is 0 Å². The van der Waals surface area contributed by atoms with Crippen LogP contribution in [0, 0.1) is 18.8 Å². The molecule has 0 atom stereocenters. The molecular formula is C60H53N4OPt-3. The molecule has 0 saturated carbocycles. The Kier molecular flexibility index (Phi) is 11.9. The summed E-state index contributed by atoms with van der Waals surface area (Å²) in [5.74, 6) is 2.03. The summed E-state index contributed by atoms with van der Waals surface area (Å²) in [6.45, 7) is 18.0. The first kappa shape index (κ1) is 44.5. The van der Waals surface area contributed by atoms with Crippen LogP contribution in [-0.4, -0.2) is 9.55 Å². The minimum atomic E-state index is -0.407. The second-order valence-corrected chi connectivity index (χ2v) is 19.1. The molecule has 7 aromatic carbocycles. The molecular weight excluding hydrogens is 988 g/mol. The molecule has 10 rings (SSSR count). The third kappa shape index (κ3) is 8.38.